The third-order valence-electron chi connectivity index (χ3n) is 3.04. The van der Waals surface area contributed by atoms with Crippen molar-refractivity contribution in [2.45, 2.75) is 51.7 Å². The maximum absolute atomic E-state index is 12.4. The summed E-state index contributed by atoms with van der Waals surface area (Å²) in [4.78, 5) is 0. The summed E-state index contributed by atoms with van der Waals surface area (Å²) < 4.78 is 37.3. The van der Waals surface area contributed by atoms with Gasteiger partial charge in [-0.1, -0.05) is 19.1 Å². The highest BCUT2D eigenvalue weighted by atomic mass is 19.4. The minimum absolute atomic E-state index is 0.0693. The number of halogens is 3. The van der Waals surface area contributed by atoms with E-state index in [1.807, 2.05) is 6.92 Å². The van der Waals surface area contributed by atoms with Crippen LogP contribution in [0.25, 0.3) is 0 Å². The molecule has 1 aromatic rings. The van der Waals surface area contributed by atoms with Crippen molar-refractivity contribution in [2.75, 3.05) is 6.54 Å². The van der Waals surface area contributed by atoms with E-state index in [0.29, 0.717) is 0 Å². The Morgan fingerprint density at radius 2 is 1.58 bits per heavy atom. The van der Waals surface area contributed by atoms with Crippen LogP contribution in [-0.4, -0.2) is 12.1 Å². The number of hydrogen-bond donors (Lipinski definition) is 1. The molecule has 4 heteroatoms. The van der Waals surface area contributed by atoms with Crippen molar-refractivity contribution in [2.24, 2.45) is 0 Å². The van der Waals surface area contributed by atoms with Crippen molar-refractivity contribution in [1.29, 1.82) is 0 Å². The molecule has 0 aromatic heterocycles. The van der Waals surface area contributed by atoms with E-state index < -0.39 is 11.7 Å². The fourth-order valence-electron chi connectivity index (χ4n) is 1.83. The molecule has 0 spiro atoms. The number of nitrogens with one attached hydrogen (secondary N) is 1. The standard InChI is InChI=1S/C15H22F3N/c1-11(9-10-19-14(2,3)4)12-5-7-13(8-6-12)15(16,17)18/h5-8,11,19H,9-10H2,1-4H3. The SMILES string of the molecule is CC(CCNC(C)(C)C)c1ccc(C(F)(F)F)cc1. The van der Waals surface area contributed by atoms with Gasteiger partial charge in [-0.15, -0.1) is 0 Å². The fourth-order valence-corrected chi connectivity index (χ4v) is 1.83. The molecule has 1 unspecified atom stereocenters. The van der Waals surface area contributed by atoms with Crippen LogP contribution in [-0.2, 0) is 6.18 Å². The Hall–Kier alpha value is -1.03. The van der Waals surface area contributed by atoms with Crippen LogP contribution in [0.3, 0.4) is 0 Å². The van der Waals surface area contributed by atoms with Gasteiger partial charge in [-0.2, -0.15) is 13.2 Å². The number of hydrogen-bond acceptors (Lipinski definition) is 1. The molecule has 0 fully saturated rings. The molecule has 0 bridgehead atoms. The molecule has 0 amide bonds. The minimum Gasteiger partial charge on any atom is -0.312 e. The third kappa shape index (κ3) is 5.64. The highest BCUT2D eigenvalue weighted by molar-refractivity contribution is 5.26. The zero-order valence-corrected chi connectivity index (χ0v) is 11.9. The Kier molecular flexibility index (Phi) is 5.02. The van der Waals surface area contributed by atoms with Crippen molar-refractivity contribution < 1.29 is 13.2 Å². The predicted molar refractivity (Wildman–Crippen MR) is 72.2 cm³/mol. The molecular formula is C15H22F3N. The summed E-state index contributed by atoms with van der Waals surface area (Å²) in [6, 6.07) is 5.46. The van der Waals surface area contributed by atoms with E-state index in [-0.39, 0.29) is 11.5 Å². The highest BCUT2D eigenvalue weighted by Crippen LogP contribution is 2.30. The molecule has 0 aliphatic heterocycles. The largest absolute Gasteiger partial charge is 0.416 e. The molecule has 19 heavy (non-hydrogen) atoms. The lowest BCUT2D eigenvalue weighted by Crippen LogP contribution is -2.36. The van der Waals surface area contributed by atoms with Gasteiger partial charge in [-0.3, -0.25) is 0 Å². The first-order valence-electron chi connectivity index (χ1n) is 6.52. The smallest absolute Gasteiger partial charge is 0.312 e. The van der Waals surface area contributed by atoms with Crippen LogP contribution in [0.15, 0.2) is 24.3 Å². The van der Waals surface area contributed by atoms with Gasteiger partial charge in [0.15, 0.2) is 0 Å². The average molecular weight is 273 g/mol. The molecule has 0 heterocycles. The molecule has 0 aliphatic carbocycles. The first-order valence-corrected chi connectivity index (χ1v) is 6.52. The van der Waals surface area contributed by atoms with Crippen molar-refractivity contribution in [1.82, 2.24) is 5.32 Å². The molecule has 0 aliphatic rings. The lowest BCUT2D eigenvalue weighted by Gasteiger charge is -2.22. The molecule has 108 valence electrons. The third-order valence-corrected chi connectivity index (χ3v) is 3.04. The normalized spacial score (nSPS) is 14.5. The van der Waals surface area contributed by atoms with Crippen molar-refractivity contribution >= 4 is 0 Å². The van der Waals surface area contributed by atoms with Crippen molar-refractivity contribution in [3.05, 3.63) is 35.4 Å². The summed E-state index contributed by atoms with van der Waals surface area (Å²) in [6.45, 7) is 9.17. The lowest BCUT2D eigenvalue weighted by atomic mass is 9.96. The van der Waals surface area contributed by atoms with Gasteiger partial charge in [-0.05, 0) is 57.4 Å². The summed E-state index contributed by atoms with van der Waals surface area (Å²) in [6.07, 6.45) is -3.35. The first-order chi connectivity index (χ1) is 8.59. The Balaban J connectivity index is 2.56. The topological polar surface area (TPSA) is 12.0 Å². The average Bonchev–Trinajstić information content (AvgIpc) is 2.26. The molecular weight excluding hydrogens is 251 g/mol. The first kappa shape index (κ1) is 16.0. The molecule has 1 rings (SSSR count). The molecule has 0 saturated heterocycles. The van der Waals surface area contributed by atoms with Crippen LogP contribution in [0.1, 0.15) is 51.2 Å². The Morgan fingerprint density at radius 3 is 2.00 bits per heavy atom. The molecule has 1 nitrogen and oxygen atoms in total. The van der Waals surface area contributed by atoms with Crippen molar-refractivity contribution in [3.63, 3.8) is 0 Å². The zero-order chi connectivity index (χ0) is 14.7. The fraction of sp³-hybridized carbons (Fsp3) is 0.600. The zero-order valence-electron chi connectivity index (χ0n) is 11.9. The van der Waals surface area contributed by atoms with Gasteiger partial charge >= 0.3 is 6.18 Å². The number of rotatable bonds is 4. The minimum atomic E-state index is -4.25. The summed E-state index contributed by atoms with van der Waals surface area (Å²) in [5.41, 5.74) is 0.430. The monoisotopic (exact) mass is 273 g/mol. The van der Waals surface area contributed by atoms with E-state index in [4.69, 9.17) is 0 Å². The van der Waals surface area contributed by atoms with Gasteiger partial charge in [-0.25, -0.2) is 0 Å². The van der Waals surface area contributed by atoms with Crippen LogP contribution in [0.2, 0.25) is 0 Å². The molecule has 0 radical (unpaired) electrons. The second kappa shape index (κ2) is 5.95. The van der Waals surface area contributed by atoms with Crippen LogP contribution < -0.4 is 5.32 Å². The Morgan fingerprint density at radius 1 is 1.05 bits per heavy atom. The van der Waals surface area contributed by atoms with E-state index in [0.717, 1.165) is 30.7 Å². The van der Waals surface area contributed by atoms with Crippen LogP contribution in [0, 0.1) is 0 Å². The molecule has 1 atom stereocenters. The Labute approximate surface area is 113 Å². The van der Waals surface area contributed by atoms with Gasteiger partial charge < -0.3 is 5.32 Å². The van der Waals surface area contributed by atoms with Gasteiger partial charge in [0.25, 0.3) is 0 Å². The van der Waals surface area contributed by atoms with E-state index >= 15 is 0 Å². The van der Waals surface area contributed by atoms with Crippen molar-refractivity contribution in [3.8, 4) is 0 Å². The maximum Gasteiger partial charge on any atom is 0.416 e. The summed E-state index contributed by atoms with van der Waals surface area (Å²) >= 11 is 0. The number of benzene rings is 1. The van der Waals surface area contributed by atoms with Gasteiger partial charge in [0.05, 0.1) is 5.56 Å². The summed E-state index contributed by atoms with van der Waals surface area (Å²) in [5, 5.41) is 3.38. The quantitative estimate of drug-likeness (QED) is 0.846. The van der Waals surface area contributed by atoms with Crippen LogP contribution in [0.4, 0.5) is 13.2 Å². The lowest BCUT2D eigenvalue weighted by molar-refractivity contribution is -0.137. The summed E-state index contributed by atoms with van der Waals surface area (Å²) in [7, 11) is 0. The van der Waals surface area contributed by atoms with E-state index in [1.165, 1.54) is 0 Å². The molecule has 1 N–H and O–H groups in total. The molecule has 1 aromatic carbocycles. The van der Waals surface area contributed by atoms with Gasteiger partial charge in [0, 0.05) is 5.54 Å². The van der Waals surface area contributed by atoms with E-state index in [1.54, 1.807) is 12.1 Å². The summed E-state index contributed by atoms with van der Waals surface area (Å²) in [5.74, 6) is 0.247. The number of alkyl halides is 3. The van der Waals surface area contributed by atoms with E-state index in [2.05, 4.69) is 26.1 Å². The van der Waals surface area contributed by atoms with E-state index in [9.17, 15) is 13.2 Å². The van der Waals surface area contributed by atoms with Gasteiger partial charge in [0.2, 0.25) is 0 Å². The van der Waals surface area contributed by atoms with Crippen LogP contribution >= 0.6 is 0 Å². The predicted octanol–water partition coefficient (Wildman–Crippen LogP) is 4.59. The van der Waals surface area contributed by atoms with Crippen LogP contribution in [0.5, 0.6) is 0 Å². The maximum atomic E-state index is 12.4. The van der Waals surface area contributed by atoms with Gasteiger partial charge in [0.1, 0.15) is 0 Å². The second-order valence-corrected chi connectivity index (χ2v) is 5.99. The Bertz CT molecular complexity index is 387. The molecule has 0 saturated carbocycles. The second-order valence-electron chi connectivity index (χ2n) is 5.99. The highest BCUT2D eigenvalue weighted by Gasteiger charge is 2.30.